The van der Waals surface area contributed by atoms with Gasteiger partial charge in [-0.05, 0) is 193 Å². The van der Waals surface area contributed by atoms with Gasteiger partial charge >= 0.3 is 89.5 Å². The van der Waals surface area contributed by atoms with Crippen molar-refractivity contribution in [2.24, 2.45) is 63.1 Å². The van der Waals surface area contributed by atoms with E-state index in [9.17, 15) is 71.9 Å². The van der Waals surface area contributed by atoms with Crippen molar-refractivity contribution >= 4 is 89.5 Å². The highest BCUT2D eigenvalue weighted by atomic mass is 16.6. The molecule has 0 aromatic rings. The molecular formula is C86H132O30. The molecule has 116 heavy (non-hydrogen) atoms. The van der Waals surface area contributed by atoms with Gasteiger partial charge in [0.2, 0.25) is 0 Å². The molecule has 0 amide bonds. The van der Waals surface area contributed by atoms with Crippen LogP contribution in [0.3, 0.4) is 0 Å². The molecule has 0 N–H and O–H groups in total. The van der Waals surface area contributed by atoms with E-state index in [1.807, 2.05) is 118 Å². The average Bonchev–Trinajstić information content (AvgIpc) is 1.62. The Morgan fingerprint density at radius 1 is 0.405 bits per heavy atom. The van der Waals surface area contributed by atoms with Crippen LogP contribution in [0.2, 0.25) is 0 Å². The number of esters is 15. The number of fused-ring (bicyclic) bond motifs is 11. The fourth-order valence-electron chi connectivity index (χ4n) is 15.3. The second kappa shape index (κ2) is 39.7. The zero-order valence-corrected chi connectivity index (χ0v) is 72.6. The lowest BCUT2D eigenvalue weighted by Gasteiger charge is -2.47. The first-order chi connectivity index (χ1) is 53.8. The van der Waals surface area contributed by atoms with E-state index in [0.717, 1.165) is 6.42 Å². The van der Waals surface area contributed by atoms with Crippen LogP contribution in [0.25, 0.3) is 0 Å². The molecule has 0 spiro atoms. The van der Waals surface area contributed by atoms with E-state index in [0.29, 0.717) is 116 Å². The third kappa shape index (κ3) is 24.8. The van der Waals surface area contributed by atoms with Gasteiger partial charge in [-0.25, -0.2) is 0 Å². The first-order valence-corrected chi connectivity index (χ1v) is 41.8. The summed E-state index contributed by atoms with van der Waals surface area (Å²) in [6.45, 7) is 38.7. The molecule has 11 aliphatic rings. The number of ether oxygens (including phenoxy) is 15. The Morgan fingerprint density at radius 2 is 0.802 bits per heavy atom. The van der Waals surface area contributed by atoms with Gasteiger partial charge in [-0.1, -0.05) is 48.5 Å². The molecule has 30 heteroatoms. The summed E-state index contributed by atoms with van der Waals surface area (Å²) in [6, 6.07) is 0. The maximum absolute atomic E-state index is 12.2. The Labute approximate surface area is 683 Å². The Kier molecular flexibility index (Phi) is 33.2. The largest absolute Gasteiger partial charge is 0.465 e. The van der Waals surface area contributed by atoms with E-state index in [-0.39, 0.29) is 172 Å². The Morgan fingerprint density at radius 3 is 1.29 bits per heavy atom. The van der Waals surface area contributed by atoms with Crippen LogP contribution < -0.4 is 0 Å². The summed E-state index contributed by atoms with van der Waals surface area (Å²) < 4.78 is 80.3. The normalized spacial score (nSPS) is 31.1. The summed E-state index contributed by atoms with van der Waals surface area (Å²) >= 11 is 0. The number of hydrogen-bond donors (Lipinski definition) is 0. The zero-order valence-electron chi connectivity index (χ0n) is 72.6. The molecule has 30 nitrogen and oxygen atoms in total. The van der Waals surface area contributed by atoms with Crippen molar-refractivity contribution in [3.8, 4) is 0 Å². The maximum Gasteiger partial charge on any atom is 0.311 e. The second-order valence-electron chi connectivity index (χ2n) is 36.8. The molecule has 0 aromatic carbocycles. The zero-order chi connectivity index (χ0) is 87.1. The SMILES string of the molecule is CCC(C)(C)C(=O)OCCC(=O)OC1(C)CCC2CC1(C)OC2=O.CCC(C)(C)C(=O)OCCC(=O)OC1(C)CCC2CC1OC2=O.CCC(C)(C)C(=O)OCCC(=O)OC1CC2CCC1(C)OC2=O.CCC(C)(C)C(=O)OCCC(=O)OC1CCC2CC1(C)OC2=O.CCC(C)C(=O)OCCC(=O)OC1C(C)CC2CC1(C)OC2=O. The number of carbonyl (C=O) groups excluding carboxylic acids is 15. The van der Waals surface area contributed by atoms with Crippen molar-refractivity contribution in [1.82, 2.24) is 0 Å². The van der Waals surface area contributed by atoms with E-state index >= 15 is 0 Å². The van der Waals surface area contributed by atoms with Gasteiger partial charge in [0.1, 0.15) is 91.1 Å². The molecule has 6 saturated heterocycles. The standard InChI is InChI=1S/C18H28O6.4C17H26O6/c1-6-16(2,3)15(21)22-10-8-13(19)23-17(4)9-7-12-11-18(17,5)24-14(12)20;1-5-16(2,3)15(20)21-9-7-13(18)23-17(4)8-6-11-10-12(17)22-14(11)19;1-5-16(2,3)15(20)21-9-7-13(18)22-12-10-11-6-8-17(12,4)23-14(11)19;1-5-10(2)15(19)21-7-6-13(18)22-14-11(3)8-12-9-17(14,4)23-16(12)20;1-5-16(2,3)15(20)21-9-8-13(18)22-12-7-6-11-10-17(12,4)23-14(11)19/h12H,6-11H2,1-5H3;2*11-12H,5-10H2,1-4H3;10-12,14H,5-9H2,1-4H3;11-12H,5-10H2,1-4H3. The minimum atomic E-state index is -0.834. The van der Waals surface area contributed by atoms with Gasteiger partial charge in [0.25, 0.3) is 0 Å². The van der Waals surface area contributed by atoms with Crippen molar-refractivity contribution in [1.29, 1.82) is 0 Å². The number of carbonyl (C=O) groups is 15. The molecule has 17 unspecified atom stereocenters. The van der Waals surface area contributed by atoms with E-state index < -0.39 is 103 Å². The molecule has 6 heterocycles. The predicted molar refractivity (Wildman–Crippen MR) is 411 cm³/mol. The molecule has 5 aliphatic carbocycles. The lowest BCUT2D eigenvalue weighted by Crippen LogP contribution is -2.57. The Balaban J connectivity index is 0.000000225. The van der Waals surface area contributed by atoms with Crippen molar-refractivity contribution in [3.63, 3.8) is 0 Å². The molecular weight excluding hydrogens is 1510 g/mol. The third-order valence-corrected chi connectivity index (χ3v) is 25.8. The highest BCUT2D eigenvalue weighted by molar-refractivity contribution is 5.82. The fourth-order valence-corrected chi connectivity index (χ4v) is 15.3. The maximum atomic E-state index is 12.2. The average molecular weight is 1650 g/mol. The molecule has 0 radical (unpaired) electrons. The van der Waals surface area contributed by atoms with Gasteiger partial charge in [-0.15, -0.1) is 0 Å². The summed E-state index contributed by atoms with van der Waals surface area (Å²) in [5.74, 6) is -5.25. The highest BCUT2D eigenvalue weighted by Gasteiger charge is 2.62. The van der Waals surface area contributed by atoms with Crippen molar-refractivity contribution in [2.45, 2.75) is 358 Å². The van der Waals surface area contributed by atoms with Crippen LogP contribution in [-0.4, -0.2) is 181 Å². The molecule has 5 saturated carbocycles. The molecule has 10 bridgehead atoms. The number of hydrogen-bond acceptors (Lipinski definition) is 30. The predicted octanol–water partition coefficient (Wildman–Crippen LogP) is 12.2. The van der Waals surface area contributed by atoms with Crippen LogP contribution in [0.15, 0.2) is 0 Å². The quantitative estimate of drug-likeness (QED) is 0.0476. The van der Waals surface area contributed by atoms with Gasteiger partial charge < -0.3 is 71.1 Å². The molecule has 6 aliphatic heterocycles. The van der Waals surface area contributed by atoms with Crippen LogP contribution in [0, 0.1) is 63.1 Å². The molecule has 0 aromatic heterocycles. The Bertz CT molecular complexity index is 3510. The topological polar surface area (TPSA) is 394 Å². The van der Waals surface area contributed by atoms with Gasteiger partial charge in [0.05, 0.1) is 89.3 Å². The van der Waals surface area contributed by atoms with Crippen LogP contribution in [0.4, 0.5) is 0 Å². The van der Waals surface area contributed by atoms with Crippen molar-refractivity contribution < 1.29 is 143 Å². The van der Waals surface area contributed by atoms with Crippen molar-refractivity contribution in [2.75, 3.05) is 33.0 Å². The van der Waals surface area contributed by atoms with E-state index in [1.54, 1.807) is 27.7 Å². The number of rotatable bonds is 30. The minimum absolute atomic E-state index is 0.00367. The van der Waals surface area contributed by atoms with Crippen LogP contribution >= 0.6 is 0 Å². The van der Waals surface area contributed by atoms with Gasteiger partial charge in [0, 0.05) is 32.1 Å². The summed E-state index contributed by atoms with van der Waals surface area (Å²) in [6.07, 6.45) is 10.7. The first-order valence-electron chi connectivity index (χ1n) is 41.8. The lowest BCUT2D eigenvalue weighted by molar-refractivity contribution is -0.218. The lowest BCUT2D eigenvalue weighted by atomic mass is 9.71. The van der Waals surface area contributed by atoms with Crippen molar-refractivity contribution in [3.05, 3.63) is 0 Å². The second-order valence-corrected chi connectivity index (χ2v) is 36.8. The molecule has 656 valence electrons. The molecule has 11 fully saturated rings. The van der Waals surface area contributed by atoms with E-state index in [2.05, 4.69) is 0 Å². The summed E-state index contributed by atoms with van der Waals surface area (Å²) in [5, 5.41) is 0. The molecule has 11 rings (SSSR count). The summed E-state index contributed by atoms with van der Waals surface area (Å²) in [7, 11) is 0. The van der Waals surface area contributed by atoms with Crippen LogP contribution in [0.1, 0.15) is 299 Å². The van der Waals surface area contributed by atoms with E-state index in [4.69, 9.17) is 71.1 Å². The van der Waals surface area contributed by atoms with Crippen LogP contribution in [0.5, 0.6) is 0 Å². The third-order valence-electron chi connectivity index (χ3n) is 25.8. The van der Waals surface area contributed by atoms with Gasteiger partial charge in [0.15, 0.2) is 0 Å². The first kappa shape index (κ1) is 96.9. The summed E-state index contributed by atoms with van der Waals surface area (Å²) in [4.78, 5) is 177. The monoisotopic (exact) mass is 1640 g/mol. The van der Waals surface area contributed by atoms with Gasteiger partial charge in [-0.2, -0.15) is 0 Å². The highest BCUT2D eigenvalue weighted by Crippen LogP contribution is 2.52. The summed E-state index contributed by atoms with van der Waals surface area (Å²) in [5.41, 5.74) is -6.75. The smallest absolute Gasteiger partial charge is 0.311 e. The molecule has 17 atom stereocenters. The Hall–Kier alpha value is -7.95. The van der Waals surface area contributed by atoms with Gasteiger partial charge in [-0.3, -0.25) is 71.9 Å². The van der Waals surface area contributed by atoms with E-state index in [1.165, 1.54) is 0 Å². The minimum Gasteiger partial charge on any atom is -0.465 e. The fraction of sp³-hybridized carbons (Fsp3) is 0.826. The van der Waals surface area contributed by atoms with Crippen LogP contribution in [-0.2, 0) is 143 Å².